The summed E-state index contributed by atoms with van der Waals surface area (Å²) in [5, 5.41) is 0. The van der Waals surface area contributed by atoms with E-state index in [2.05, 4.69) is 15.0 Å². The van der Waals surface area contributed by atoms with E-state index in [1.165, 1.54) is 0 Å². The Morgan fingerprint density at radius 3 is 1.39 bits per heavy atom. The number of hydrogen-bond donors (Lipinski definition) is 0. The molecule has 0 spiro atoms. The number of benzene rings is 3. The first kappa shape index (κ1) is 17.7. The molecule has 0 aliphatic rings. The minimum atomic E-state index is 0.237. The largest absolute Gasteiger partial charge is 0.458 e. The lowest BCUT2D eigenvalue weighted by Crippen LogP contribution is -2.06. The maximum atomic E-state index is 5.80. The molecule has 0 radical (unpaired) electrons. The first-order chi connectivity index (χ1) is 13.9. The fourth-order valence-electron chi connectivity index (χ4n) is 2.63. The van der Waals surface area contributed by atoms with Crippen LogP contribution in [-0.2, 0) is 13.2 Å². The molecule has 0 saturated heterocycles. The molecule has 1 aromatic heterocycles. The summed E-state index contributed by atoms with van der Waals surface area (Å²) in [6.07, 6.45) is 0. The second kappa shape index (κ2) is 8.77. The second-order valence-electron chi connectivity index (χ2n) is 6.14. The van der Waals surface area contributed by atoms with Gasteiger partial charge in [0.05, 0.1) is 0 Å². The van der Waals surface area contributed by atoms with Crippen LogP contribution in [0.2, 0.25) is 0 Å². The third-order valence-corrected chi connectivity index (χ3v) is 4.05. The molecule has 0 saturated carbocycles. The van der Waals surface area contributed by atoms with Gasteiger partial charge in [-0.05, 0) is 11.1 Å². The Kier molecular flexibility index (Phi) is 5.54. The number of nitrogens with zero attached hydrogens (tertiary/aromatic N) is 3. The molecule has 0 unspecified atom stereocenters. The van der Waals surface area contributed by atoms with E-state index in [0.29, 0.717) is 19.0 Å². The Morgan fingerprint density at radius 2 is 0.929 bits per heavy atom. The van der Waals surface area contributed by atoms with Gasteiger partial charge in [0.1, 0.15) is 13.2 Å². The molecule has 5 heteroatoms. The third kappa shape index (κ3) is 4.71. The van der Waals surface area contributed by atoms with E-state index in [-0.39, 0.29) is 12.0 Å². The van der Waals surface area contributed by atoms with Crippen molar-refractivity contribution in [3.8, 4) is 23.4 Å². The summed E-state index contributed by atoms with van der Waals surface area (Å²) in [5.41, 5.74) is 2.95. The summed E-state index contributed by atoms with van der Waals surface area (Å²) in [4.78, 5) is 13.2. The number of ether oxygens (including phenoxy) is 2. The van der Waals surface area contributed by atoms with Crippen molar-refractivity contribution >= 4 is 0 Å². The highest BCUT2D eigenvalue weighted by Crippen LogP contribution is 2.20. The summed E-state index contributed by atoms with van der Waals surface area (Å²) in [5.74, 6) is 0.515. The van der Waals surface area contributed by atoms with E-state index in [4.69, 9.17) is 9.47 Å². The van der Waals surface area contributed by atoms with Crippen LogP contribution in [-0.4, -0.2) is 15.0 Å². The van der Waals surface area contributed by atoms with E-state index in [0.717, 1.165) is 16.7 Å². The SMILES string of the molecule is c1ccc(COc2nc(OCc3ccccc3)nc(-c3ccccc3)n2)cc1. The van der Waals surface area contributed by atoms with Crippen LogP contribution in [0.5, 0.6) is 12.0 Å². The van der Waals surface area contributed by atoms with Gasteiger partial charge < -0.3 is 9.47 Å². The van der Waals surface area contributed by atoms with Crippen LogP contribution in [0.25, 0.3) is 11.4 Å². The molecule has 0 aliphatic heterocycles. The molecule has 0 fully saturated rings. The molecule has 1 heterocycles. The molecule has 4 rings (SSSR count). The lowest BCUT2D eigenvalue weighted by molar-refractivity contribution is 0.250. The molecule has 0 atom stereocenters. The van der Waals surface area contributed by atoms with Gasteiger partial charge in [0.15, 0.2) is 5.82 Å². The number of hydrogen-bond acceptors (Lipinski definition) is 5. The van der Waals surface area contributed by atoms with Crippen LogP contribution in [0.4, 0.5) is 0 Å². The zero-order chi connectivity index (χ0) is 19.0. The van der Waals surface area contributed by atoms with Gasteiger partial charge in [-0.25, -0.2) is 0 Å². The van der Waals surface area contributed by atoms with Crippen molar-refractivity contribution in [3.05, 3.63) is 102 Å². The second-order valence-corrected chi connectivity index (χ2v) is 6.14. The molecular formula is C23H19N3O2. The molecule has 4 aromatic rings. The smallest absolute Gasteiger partial charge is 0.323 e. The average Bonchev–Trinajstić information content (AvgIpc) is 2.78. The average molecular weight is 369 g/mol. The van der Waals surface area contributed by atoms with Gasteiger partial charge in [0.25, 0.3) is 0 Å². The normalized spacial score (nSPS) is 10.4. The van der Waals surface area contributed by atoms with Crippen molar-refractivity contribution < 1.29 is 9.47 Å². The predicted molar refractivity (Wildman–Crippen MR) is 107 cm³/mol. The Balaban J connectivity index is 1.57. The van der Waals surface area contributed by atoms with Crippen molar-refractivity contribution in [2.45, 2.75) is 13.2 Å². The molecule has 0 N–H and O–H groups in total. The molecule has 5 nitrogen and oxygen atoms in total. The summed E-state index contributed by atoms with van der Waals surface area (Å²) < 4.78 is 11.6. The van der Waals surface area contributed by atoms with Crippen molar-refractivity contribution in [2.24, 2.45) is 0 Å². The highest BCUT2D eigenvalue weighted by molar-refractivity contribution is 5.54. The Morgan fingerprint density at radius 1 is 0.500 bits per heavy atom. The predicted octanol–water partition coefficient (Wildman–Crippen LogP) is 4.70. The molecule has 0 aliphatic carbocycles. The van der Waals surface area contributed by atoms with Gasteiger partial charge in [-0.2, -0.15) is 9.97 Å². The van der Waals surface area contributed by atoms with Gasteiger partial charge in [-0.15, -0.1) is 4.98 Å². The zero-order valence-electron chi connectivity index (χ0n) is 15.2. The lowest BCUT2D eigenvalue weighted by atomic mass is 10.2. The van der Waals surface area contributed by atoms with E-state index < -0.39 is 0 Å². The van der Waals surface area contributed by atoms with Gasteiger partial charge in [0, 0.05) is 5.56 Å². The molecule has 3 aromatic carbocycles. The summed E-state index contributed by atoms with van der Waals surface area (Å²) in [6, 6.07) is 30.0. The van der Waals surface area contributed by atoms with Crippen LogP contribution in [0.3, 0.4) is 0 Å². The van der Waals surface area contributed by atoms with E-state index in [1.807, 2.05) is 91.0 Å². The van der Waals surface area contributed by atoms with E-state index >= 15 is 0 Å². The van der Waals surface area contributed by atoms with Crippen LogP contribution in [0, 0.1) is 0 Å². The molecule has 0 amide bonds. The zero-order valence-corrected chi connectivity index (χ0v) is 15.2. The maximum absolute atomic E-state index is 5.80. The third-order valence-electron chi connectivity index (χ3n) is 4.05. The Labute approximate surface area is 163 Å². The van der Waals surface area contributed by atoms with Crippen LogP contribution in [0.15, 0.2) is 91.0 Å². The Hall–Kier alpha value is -3.73. The highest BCUT2D eigenvalue weighted by Gasteiger charge is 2.11. The summed E-state index contributed by atoms with van der Waals surface area (Å²) in [6.45, 7) is 0.744. The van der Waals surface area contributed by atoms with Crippen molar-refractivity contribution in [3.63, 3.8) is 0 Å². The standard InChI is InChI=1S/C23H19N3O2/c1-4-10-18(11-5-1)16-27-22-24-21(20-14-8-3-9-15-20)25-23(26-22)28-17-19-12-6-2-7-13-19/h1-15H,16-17H2. The van der Waals surface area contributed by atoms with Gasteiger partial charge in [-0.3, -0.25) is 0 Å². The van der Waals surface area contributed by atoms with E-state index in [9.17, 15) is 0 Å². The first-order valence-electron chi connectivity index (χ1n) is 9.02. The number of rotatable bonds is 7. The monoisotopic (exact) mass is 369 g/mol. The van der Waals surface area contributed by atoms with E-state index in [1.54, 1.807) is 0 Å². The molecule has 28 heavy (non-hydrogen) atoms. The first-order valence-corrected chi connectivity index (χ1v) is 9.02. The fraction of sp³-hybridized carbons (Fsp3) is 0.0870. The van der Waals surface area contributed by atoms with Gasteiger partial charge >= 0.3 is 12.0 Å². The van der Waals surface area contributed by atoms with Crippen molar-refractivity contribution in [2.75, 3.05) is 0 Å². The number of aromatic nitrogens is 3. The van der Waals surface area contributed by atoms with Gasteiger partial charge in [-0.1, -0.05) is 91.0 Å². The van der Waals surface area contributed by atoms with Gasteiger partial charge in [0.2, 0.25) is 0 Å². The summed E-state index contributed by atoms with van der Waals surface area (Å²) >= 11 is 0. The molecule has 138 valence electrons. The van der Waals surface area contributed by atoms with Crippen molar-refractivity contribution in [1.29, 1.82) is 0 Å². The molecular weight excluding hydrogens is 350 g/mol. The van der Waals surface area contributed by atoms with Crippen LogP contribution in [0.1, 0.15) is 11.1 Å². The summed E-state index contributed by atoms with van der Waals surface area (Å²) in [7, 11) is 0. The van der Waals surface area contributed by atoms with Crippen LogP contribution >= 0.6 is 0 Å². The minimum absolute atomic E-state index is 0.237. The Bertz CT molecular complexity index is 948. The lowest BCUT2D eigenvalue weighted by Gasteiger charge is -2.10. The fourth-order valence-corrected chi connectivity index (χ4v) is 2.63. The topological polar surface area (TPSA) is 57.1 Å². The van der Waals surface area contributed by atoms with Crippen LogP contribution < -0.4 is 9.47 Å². The quantitative estimate of drug-likeness (QED) is 0.473. The minimum Gasteiger partial charge on any atom is -0.458 e. The highest BCUT2D eigenvalue weighted by atomic mass is 16.5. The molecule has 0 bridgehead atoms. The van der Waals surface area contributed by atoms with Crippen molar-refractivity contribution in [1.82, 2.24) is 15.0 Å². The maximum Gasteiger partial charge on any atom is 0.323 e.